The summed E-state index contributed by atoms with van der Waals surface area (Å²) in [5.41, 5.74) is 7.73. The molecule has 0 amide bonds. The molecule has 0 spiro atoms. The van der Waals surface area contributed by atoms with E-state index in [4.69, 9.17) is 5.73 Å². The summed E-state index contributed by atoms with van der Waals surface area (Å²) in [7, 11) is -9.42. The summed E-state index contributed by atoms with van der Waals surface area (Å²) in [5.74, 6) is 0. The molecule has 4 aromatic carbocycles. The topological polar surface area (TPSA) is 184 Å². The maximum atomic E-state index is 11.9. The molecule has 0 heterocycles. The standard InChI is InChI=1S/C22H17N5O6S2/c23-14-4-6-15(7-5-14)24-25-16-8-10-17(11-9-16)26-27-18-12-20-19(22(13-18)35(31,32)33)2-1-3-21(20)34(28,29)30/h1-13H,23H2,(H,28,29,30)(H,31,32,33). The number of hydrogen-bond donors (Lipinski definition) is 3. The van der Waals surface area contributed by atoms with Gasteiger partial charge in [0, 0.05) is 16.5 Å². The van der Waals surface area contributed by atoms with Crippen LogP contribution in [0.4, 0.5) is 28.4 Å². The smallest absolute Gasteiger partial charge is 0.295 e. The zero-order chi connectivity index (χ0) is 25.2. The second-order valence-corrected chi connectivity index (χ2v) is 10.0. The summed E-state index contributed by atoms with van der Waals surface area (Å²) < 4.78 is 66.5. The van der Waals surface area contributed by atoms with Gasteiger partial charge in [-0.05, 0) is 66.7 Å². The van der Waals surface area contributed by atoms with Crippen LogP contribution in [-0.2, 0) is 20.2 Å². The van der Waals surface area contributed by atoms with Crippen LogP contribution < -0.4 is 5.73 Å². The van der Waals surface area contributed by atoms with E-state index in [0.29, 0.717) is 22.7 Å². The molecule has 35 heavy (non-hydrogen) atoms. The van der Waals surface area contributed by atoms with Gasteiger partial charge in [0.25, 0.3) is 20.2 Å². The van der Waals surface area contributed by atoms with Crippen LogP contribution >= 0.6 is 0 Å². The van der Waals surface area contributed by atoms with Crippen molar-refractivity contribution in [3.05, 3.63) is 78.9 Å². The van der Waals surface area contributed by atoms with Crippen LogP contribution in [-0.4, -0.2) is 25.9 Å². The lowest BCUT2D eigenvalue weighted by atomic mass is 10.1. The minimum atomic E-state index is -4.74. The van der Waals surface area contributed by atoms with Gasteiger partial charge in [0.15, 0.2) is 0 Å². The number of hydrogen-bond acceptors (Lipinski definition) is 9. The fraction of sp³-hybridized carbons (Fsp3) is 0. The number of nitrogen functional groups attached to an aromatic ring is 1. The molecule has 0 aromatic heterocycles. The Kier molecular flexibility index (Phi) is 6.41. The first-order chi connectivity index (χ1) is 16.5. The third-order valence-electron chi connectivity index (χ3n) is 4.76. The molecule has 0 aliphatic heterocycles. The Morgan fingerprint density at radius 1 is 0.543 bits per heavy atom. The third kappa shape index (κ3) is 5.73. The Labute approximate surface area is 200 Å². The van der Waals surface area contributed by atoms with Crippen LogP contribution in [0.25, 0.3) is 10.8 Å². The van der Waals surface area contributed by atoms with Crippen molar-refractivity contribution < 1.29 is 25.9 Å². The van der Waals surface area contributed by atoms with Gasteiger partial charge in [-0.3, -0.25) is 9.11 Å². The minimum absolute atomic E-state index is 0.0617. The average molecular weight is 512 g/mol. The lowest BCUT2D eigenvalue weighted by Crippen LogP contribution is -2.03. The van der Waals surface area contributed by atoms with Gasteiger partial charge in [-0.1, -0.05) is 12.1 Å². The molecule has 0 aliphatic carbocycles. The Morgan fingerprint density at radius 3 is 1.49 bits per heavy atom. The second kappa shape index (κ2) is 9.31. The zero-order valence-corrected chi connectivity index (χ0v) is 19.3. The maximum Gasteiger partial charge on any atom is 0.295 e. The highest BCUT2D eigenvalue weighted by Crippen LogP contribution is 2.34. The molecule has 4 N–H and O–H groups in total. The van der Waals surface area contributed by atoms with E-state index in [9.17, 15) is 25.9 Å². The lowest BCUT2D eigenvalue weighted by molar-refractivity contribution is 0.481. The van der Waals surface area contributed by atoms with Crippen molar-refractivity contribution in [1.29, 1.82) is 0 Å². The van der Waals surface area contributed by atoms with Crippen molar-refractivity contribution in [2.24, 2.45) is 20.5 Å². The fourth-order valence-corrected chi connectivity index (χ4v) is 4.59. The van der Waals surface area contributed by atoms with Crippen molar-refractivity contribution in [1.82, 2.24) is 0 Å². The highest BCUT2D eigenvalue weighted by Gasteiger charge is 2.21. The quantitative estimate of drug-likeness (QED) is 0.167. The molecule has 11 nitrogen and oxygen atoms in total. The van der Waals surface area contributed by atoms with E-state index in [2.05, 4.69) is 20.5 Å². The van der Waals surface area contributed by atoms with Crippen molar-refractivity contribution in [2.45, 2.75) is 9.79 Å². The second-order valence-electron chi connectivity index (χ2n) is 7.25. The van der Waals surface area contributed by atoms with Crippen molar-refractivity contribution >= 4 is 59.4 Å². The molecule has 4 aromatic rings. The summed E-state index contributed by atoms with van der Waals surface area (Å²) in [6.45, 7) is 0. The van der Waals surface area contributed by atoms with Crippen molar-refractivity contribution in [2.75, 3.05) is 5.73 Å². The highest BCUT2D eigenvalue weighted by molar-refractivity contribution is 7.86. The number of azo groups is 2. The predicted octanol–water partition coefficient (Wildman–Crippen LogP) is 5.75. The van der Waals surface area contributed by atoms with E-state index in [-0.39, 0.29) is 16.5 Å². The van der Waals surface area contributed by atoms with Gasteiger partial charge >= 0.3 is 0 Å². The molecule has 0 aliphatic rings. The minimum Gasteiger partial charge on any atom is -0.399 e. The van der Waals surface area contributed by atoms with Gasteiger partial charge in [-0.25, -0.2) is 0 Å². The maximum absolute atomic E-state index is 11.9. The summed E-state index contributed by atoms with van der Waals surface area (Å²) >= 11 is 0. The van der Waals surface area contributed by atoms with E-state index in [1.54, 1.807) is 48.5 Å². The zero-order valence-electron chi connectivity index (χ0n) is 17.7. The van der Waals surface area contributed by atoms with Crippen LogP contribution in [0.5, 0.6) is 0 Å². The van der Waals surface area contributed by atoms with E-state index in [0.717, 1.165) is 12.1 Å². The molecule has 0 saturated carbocycles. The third-order valence-corrected chi connectivity index (χ3v) is 6.57. The number of fused-ring (bicyclic) bond motifs is 1. The SMILES string of the molecule is Nc1ccc(N=Nc2ccc(N=Nc3cc(S(=O)(=O)O)c4cccc(S(=O)(=O)O)c4c3)cc2)cc1. The summed E-state index contributed by atoms with van der Waals surface area (Å²) in [6, 6.07) is 19.2. The number of nitrogens with zero attached hydrogens (tertiary/aromatic N) is 4. The first-order valence-electron chi connectivity index (χ1n) is 9.81. The van der Waals surface area contributed by atoms with Crippen molar-refractivity contribution in [3.8, 4) is 0 Å². The van der Waals surface area contributed by atoms with Crippen molar-refractivity contribution in [3.63, 3.8) is 0 Å². The summed E-state index contributed by atoms with van der Waals surface area (Å²) in [6.07, 6.45) is 0. The van der Waals surface area contributed by atoms with Gasteiger partial charge in [-0.15, -0.1) is 0 Å². The molecule has 178 valence electrons. The molecular formula is C22H17N5O6S2. The average Bonchev–Trinajstić information content (AvgIpc) is 2.81. The molecule has 0 fully saturated rings. The van der Waals surface area contributed by atoms with Gasteiger partial charge < -0.3 is 5.73 Å². The van der Waals surface area contributed by atoms with Crippen LogP contribution in [0.1, 0.15) is 0 Å². The lowest BCUT2D eigenvalue weighted by Gasteiger charge is -2.08. The molecule has 0 unspecified atom stereocenters. The molecule has 4 rings (SSSR count). The van der Waals surface area contributed by atoms with Gasteiger partial charge in [0.1, 0.15) is 9.79 Å². The van der Waals surface area contributed by atoms with Gasteiger partial charge in [0.05, 0.1) is 22.7 Å². The Morgan fingerprint density at radius 2 is 1.00 bits per heavy atom. The van der Waals surface area contributed by atoms with Crippen LogP contribution in [0, 0.1) is 0 Å². The van der Waals surface area contributed by atoms with Crippen LogP contribution in [0.3, 0.4) is 0 Å². The molecule has 0 atom stereocenters. The first kappa shape index (κ1) is 24.1. The molecule has 0 saturated heterocycles. The summed E-state index contributed by atoms with van der Waals surface area (Å²) in [4.78, 5) is -1.11. The highest BCUT2D eigenvalue weighted by atomic mass is 32.2. The van der Waals surface area contributed by atoms with E-state index >= 15 is 0 Å². The number of benzene rings is 4. The molecule has 0 bridgehead atoms. The number of anilines is 1. The normalized spacial score (nSPS) is 12.6. The first-order valence-corrected chi connectivity index (χ1v) is 12.7. The summed E-state index contributed by atoms with van der Waals surface area (Å²) in [5, 5.41) is 15.9. The van der Waals surface area contributed by atoms with Gasteiger partial charge in [0.2, 0.25) is 0 Å². The predicted molar refractivity (Wildman–Crippen MR) is 129 cm³/mol. The molecule has 0 radical (unpaired) electrons. The Bertz CT molecular complexity index is 1680. The van der Waals surface area contributed by atoms with E-state index < -0.39 is 30.0 Å². The van der Waals surface area contributed by atoms with Crippen LogP contribution in [0.15, 0.2) is 109 Å². The molecule has 13 heteroatoms. The van der Waals surface area contributed by atoms with E-state index in [1.807, 2.05) is 0 Å². The largest absolute Gasteiger partial charge is 0.399 e. The van der Waals surface area contributed by atoms with Crippen LogP contribution in [0.2, 0.25) is 0 Å². The monoisotopic (exact) mass is 511 g/mol. The Balaban J connectivity index is 1.66. The number of rotatable bonds is 6. The number of nitrogens with two attached hydrogens (primary N) is 1. The Hall–Kier alpha value is -4.04. The molecular weight excluding hydrogens is 494 g/mol. The fourth-order valence-electron chi connectivity index (χ4n) is 3.16. The van der Waals surface area contributed by atoms with Gasteiger partial charge in [-0.2, -0.15) is 37.3 Å². The van der Waals surface area contributed by atoms with E-state index in [1.165, 1.54) is 18.2 Å².